The van der Waals surface area contributed by atoms with Crippen molar-refractivity contribution >= 4 is 85.6 Å². The normalized spacial score (nSPS) is 0. The van der Waals surface area contributed by atoms with E-state index in [4.69, 9.17) is 0 Å². The molecule has 0 fully saturated rings. The molecule has 0 aromatic rings. The van der Waals surface area contributed by atoms with Crippen molar-refractivity contribution in [2.45, 2.75) is 0 Å². The molecular weight excluding hydrogens is 338 g/mol. The van der Waals surface area contributed by atoms with Crippen LogP contribution in [-0.2, 0) is 0 Å². The van der Waals surface area contributed by atoms with Gasteiger partial charge in [0.25, 0.3) is 0 Å². The molecule has 0 heterocycles. The van der Waals surface area contributed by atoms with Gasteiger partial charge >= 0.3 is 67.6 Å². The molecule has 0 atom stereocenters. The molecule has 0 unspecified atom stereocenters. The Morgan fingerprint density at radius 3 is 1.00 bits per heavy atom. The van der Waals surface area contributed by atoms with Gasteiger partial charge in [-0.1, -0.05) is 0 Å². The predicted octanol–water partition coefficient (Wildman–Crippen LogP) is -3.13. The summed E-state index contributed by atoms with van der Waals surface area (Å²) in [6.45, 7) is 0. The van der Waals surface area contributed by atoms with Gasteiger partial charge in [0, 0.05) is 0 Å². The van der Waals surface area contributed by atoms with Crippen molar-refractivity contribution in [2.24, 2.45) is 0 Å². The van der Waals surface area contributed by atoms with Crippen LogP contribution in [0.1, 0.15) is 0 Å². The second-order valence-corrected chi connectivity index (χ2v) is 0. The minimum atomic E-state index is 0. The van der Waals surface area contributed by atoms with Crippen molar-refractivity contribution < 1.29 is 0 Å². The topological polar surface area (TPSA) is 0 Å². The standard InChI is InChI=1S/Al.As.In.Sb.6H/q+3;-3;+3;-3;;;;;;. The van der Waals surface area contributed by atoms with Crippen LogP contribution in [0.4, 0.5) is 0 Å². The maximum atomic E-state index is 0. The molecule has 0 aliphatic rings. The van der Waals surface area contributed by atoms with Crippen LogP contribution in [0.5, 0.6) is 0 Å². The molecule has 0 aromatic carbocycles. The van der Waals surface area contributed by atoms with E-state index in [9.17, 15) is 0 Å². The zero-order valence-electron chi connectivity index (χ0n) is 1.60. The summed E-state index contributed by atoms with van der Waals surface area (Å²) in [5.41, 5.74) is 0. The van der Waals surface area contributed by atoms with Gasteiger partial charge in [-0.3, -0.25) is 0 Å². The number of rotatable bonds is 0. The molecular formula is H6AlAsInSb. The van der Waals surface area contributed by atoms with Crippen LogP contribution in [0.25, 0.3) is 0 Å². The van der Waals surface area contributed by atoms with Crippen molar-refractivity contribution in [3.8, 4) is 0 Å². The Morgan fingerprint density at radius 1 is 1.00 bits per heavy atom. The Balaban J connectivity index is 0. The summed E-state index contributed by atoms with van der Waals surface area (Å²) in [5, 5.41) is 0. The molecule has 4 heteroatoms. The van der Waals surface area contributed by atoms with Gasteiger partial charge < -0.3 is 18.0 Å². The first-order valence-corrected chi connectivity index (χ1v) is 0. The third kappa shape index (κ3) is 8.84. The van der Waals surface area contributed by atoms with Gasteiger partial charge in [0.1, 0.15) is 0 Å². The summed E-state index contributed by atoms with van der Waals surface area (Å²) in [4.78, 5) is 0. The summed E-state index contributed by atoms with van der Waals surface area (Å²) in [6.07, 6.45) is 0. The Morgan fingerprint density at radius 2 is 1.00 bits per heavy atom. The van der Waals surface area contributed by atoms with Crippen LogP contribution in [0.3, 0.4) is 0 Å². The van der Waals surface area contributed by atoms with E-state index in [2.05, 4.69) is 0 Å². The molecule has 0 saturated heterocycles. The van der Waals surface area contributed by atoms with E-state index in [0.717, 1.165) is 0 Å². The number of hydrogen-bond donors (Lipinski definition) is 0. The van der Waals surface area contributed by atoms with E-state index in [0.29, 0.717) is 0 Å². The first-order valence-electron chi connectivity index (χ1n) is 0. The van der Waals surface area contributed by atoms with Gasteiger partial charge in [-0.25, -0.2) is 0 Å². The van der Waals surface area contributed by atoms with Gasteiger partial charge in [-0.05, 0) is 0 Å². The van der Waals surface area contributed by atoms with Gasteiger partial charge in [0.05, 0.1) is 0 Å². The zero-order chi connectivity index (χ0) is 0. The molecule has 0 amide bonds. The van der Waals surface area contributed by atoms with E-state index in [1.165, 1.54) is 0 Å². The van der Waals surface area contributed by atoms with Gasteiger partial charge in [-0.2, -0.15) is 0 Å². The molecule has 0 saturated carbocycles. The summed E-state index contributed by atoms with van der Waals surface area (Å²) < 4.78 is 0. The summed E-state index contributed by atoms with van der Waals surface area (Å²) in [7, 11) is 0. The maximum absolute atomic E-state index is 0. The van der Waals surface area contributed by atoms with Gasteiger partial charge in [-0.15, -0.1) is 0 Å². The first-order chi connectivity index (χ1) is 0. The molecule has 4 heavy (non-hydrogen) atoms. The van der Waals surface area contributed by atoms with Crippen LogP contribution in [0, 0.1) is 0 Å². The second-order valence-electron chi connectivity index (χ2n) is 0. The molecule has 0 aromatic heterocycles. The molecule has 0 radical (unpaired) electrons. The minimum absolute atomic E-state index is 0. The zero-order valence-corrected chi connectivity index (χ0v) is 7.93. The summed E-state index contributed by atoms with van der Waals surface area (Å²) in [5.74, 6) is 0. The van der Waals surface area contributed by atoms with Crippen LogP contribution in [0.2, 0.25) is 0 Å². The SMILES string of the molecule is [Al+3].[As-3].[In+3].[SbH6-3]. The Bertz CT molecular complexity index is 8.00. The molecule has 0 nitrogen and oxygen atoms in total. The van der Waals surface area contributed by atoms with Crippen molar-refractivity contribution in [1.29, 1.82) is 0 Å². The van der Waals surface area contributed by atoms with E-state index in [1.807, 2.05) is 0 Å². The van der Waals surface area contributed by atoms with Crippen molar-refractivity contribution in [1.82, 2.24) is 0 Å². The van der Waals surface area contributed by atoms with E-state index >= 15 is 0 Å². The molecule has 0 bridgehead atoms. The molecule has 0 aliphatic carbocycles. The second kappa shape index (κ2) is 17.1. The average Bonchev–Trinajstić information content (AvgIpc) is 0. The number of hydrogen-bond acceptors (Lipinski definition) is 0. The third-order valence-corrected chi connectivity index (χ3v) is 0. The van der Waals surface area contributed by atoms with Crippen LogP contribution >= 0.6 is 0 Å². The third-order valence-electron chi connectivity index (χ3n) is 0. The van der Waals surface area contributed by atoms with Crippen LogP contribution in [-0.4, -0.2) is 85.6 Å². The van der Waals surface area contributed by atoms with E-state index < -0.39 is 0 Å². The molecule has 22 valence electrons. The summed E-state index contributed by atoms with van der Waals surface area (Å²) >= 11 is 0. The molecule has 0 spiro atoms. The molecule has 0 rings (SSSR count). The van der Waals surface area contributed by atoms with E-state index in [1.54, 1.807) is 0 Å². The summed E-state index contributed by atoms with van der Waals surface area (Å²) in [6, 6.07) is 0. The first kappa shape index (κ1) is 29.3. The van der Waals surface area contributed by atoms with Gasteiger partial charge in [0.15, 0.2) is 0 Å². The average molecular weight is 345 g/mol. The Labute approximate surface area is 84.2 Å². The predicted molar refractivity (Wildman–Crippen MR) is 31.4 cm³/mol. The molecule has 0 N–H and O–H groups in total. The van der Waals surface area contributed by atoms with E-state index in [-0.39, 0.29) is 85.6 Å². The fourth-order valence-corrected chi connectivity index (χ4v) is 0. The fourth-order valence-electron chi connectivity index (χ4n) is 0. The Hall–Kier alpha value is 2.78. The van der Waals surface area contributed by atoms with Crippen molar-refractivity contribution in [3.63, 3.8) is 0 Å². The van der Waals surface area contributed by atoms with Crippen molar-refractivity contribution in [3.05, 3.63) is 0 Å². The quantitative estimate of drug-likeness (QED) is 0.408. The van der Waals surface area contributed by atoms with Crippen LogP contribution in [0.15, 0.2) is 0 Å². The fraction of sp³-hybridized carbons (Fsp3) is 0. The van der Waals surface area contributed by atoms with Crippen molar-refractivity contribution in [2.75, 3.05) is 0 Å². The Kier molecular flexibility index (Phi) is 125. The van der Waals surface area contributed by atoms with Crippen LogP contribution < -0.4 is 0 Å². The molecule has 0 aliphatic heterocycles. The monoisotopic (exact) mass is 344 g/mol. The van der Waals surface area contributed by atoms with Gasteiger partial charge in [0.2, 0.25) is 0 Å².